The Hall–Kier alpha value is -1.06. The Morgan fingerprint density at radius 1 is 1.50 bits per heavy atom. The predicted molar refractivity (Wildman–Crippen MR) is 75.6 cm³/mol. The third kappa shape index (κ3) is 5.07. The van der Waals surface area contributed by atoms with Gasteiger partial charge >= 0.3 is 0 Å². The van der Waals surface area contributed by atoms with Crippen LogP contribution in [0.15, 0.2) is 24.3 Å². The summed E-state index contributed by atoms with van der Waals surface area (Å²) in [5, 5.41) is 3.65. The van der Waals surface area contributed by atoms with E-state index in [2.05, 4.69) is 12.2 Å². The van der Waals surface area contributed by atoms with E-state index in [0.717, 1.165) is 29.8 Å². The number of carbonyl (C=O) groups excluding carboxylic acids is 1. The molecule has 0 aliphatic rings. The molecule has 0 bridgehead atoms. The van der Waals surface area contributed by atoms with Gasteiger partial charge in [0.15, 0.2) is 0 Å². The second-order valence-electron chi connectivity index (χ2n) is 4.39. The smallest absolute Gasteiger partial charge is 0.224 e. The molecule has 3 N–H and O–H groups in total. The van der Waals surface area contributed by atoms with E-state index in [0.29, 0.717) is 13.1 Å². The van der Waals surface area contributed by atoms with Gasteiger partial charge in [-0.05, 0) is 30.5 Å². The van der Waals surface area contributed by atoms with Crippen molar-refractivity contribution in [3.8, 4) is 0 Å². The van der Waals surface area contributed by atoms with Crippen molar-refractivity contribution < 1.29 is 4.79 Å². The van der Waals surface area contributed by atoms with Crippen LogP contribution in [0, 0.1) is 5.92 Å². The molecule has 3 nitrogen and oxygen atoms in total. The fourth-order valence-electron chi connectivity index (χ4n) is 1.87. The number of rotatable bonds is 7. The molecular weight excluding hydrogens is 248 g/mol. The van der Waals surface area contributed by atoms with Crippen molar-refractivity contribution in [1.82, 2.24) is 5.32 Å². The molecule has 1 atom stereocenters. The van der Waals surface area contributed by atoms with Gasteiger partial charge in [0.25, 0.3) is 0 Å². The monoisotopic (exact) mass is 268 g/mol. The molecule has 4 heteroatoms. The SMILES string of the molecule is CCCC(CN)C(=O)NCCc1cccc(Cl)c1. The molecule has 0 aliphatic carbocycles. The normalized spacial score (nSPS) is 12.2. The van der Waals surface area contributed by atoms with E-state index in [1.165, 1.54) is 0 Å². The molecule has 1 amide bonds. The summed E-state index contributed by atoms with van der Waals surface area (Å²) < 4.78 is 0. The molecule has 0 saturated heterocycles. The van der Waals surface area contributed by atoms with Crippen LogP contribution >= 0.6 is 11.6 Å². The summed E-state index contributed by atoms with van der Waals surface area (Å²) in [4.78, 5) is 11.8. The molecule has 1 aromatic carbocycles. The van der Waals surface area contributed by atoms with Crippen LogP contribution in [0.2, 0.25) is 5.02 Å². The quantitative estimate of drug-likeness (QED) is 0.798. The molecule has 1 rings (SSSR count). The number of hydrogen-bond donors (Lipinski definition) is 2. The van der Waals surface area contributed by atoms with Gasteiger partial charge in [-0.1, -0.05) is 37.1 Å². The molecule has 100 valence electrons. The zero-order valence-electron chi connectivity index (χ0n) is 10.8. The van der Waals surface area contributed by atoms with Gasteiger partial charge in [0, 0.05) is 18.1 Å². The first-order chi connectivity index (χ1) is 8.67. The van der Waals surface area contributed by atoms with Gasteiger partial charge in [0.1, 0.15) is 0 Å². The first-order valence-electron chi connectivity index (χ1n) is 6.39. The van der Waals surface area contributed by atoms with Crippen molar-refractivity contribution in [3.63, 3.8) is 0 Å². The molecule has 0 fully saturated rings. The number of amides is 1. The maximum atomic E-state index is 11.8. The summed E-state index contributed by atoms with van der Waals surface area (Å²) in [5.41, 5.74) is 6.71. The Balaban J connectivity index is 2.35. The number of hydrogen-bond acceptors (Lipinski definition) is 2. The largest absolute Gasteiger partial charge is 0.355 e. The summed E-state index contributed by atoms with van der Waals surface area (Å²) >= 11 is 5.90. The van der Waals surface area contributed by atoms with E-state index in [1.54, 1.807) is 0 Å². The van der Waals surface area contributed by atoms with Gasteiger partial charge < -0.3 is 11.1 Å². The average Bonchev–Trinajstić information content (AvgIpc) is 2.36. The zero-order chi connectivity index (χ0) is 13.4. The van der Waals surface area contributed by atoms with Crippen molar-refractivity contribution in [2.24, 2.45) is 11.7 Å². The molecule has 0 spiro atoms. The molecule has 1 unspecified atom stereocenters. The van der Waals surface area contributed by atoms with E-state index in [1.807, 2.05) is 24.3 Å². The fraction of sp³-hybridized carbons (Fsp3) is 0.500. The summed E-state index contributed by atoms with van der Waals surface area (Å²) in [6.07, 6.45) is 2.61. The van der Waals surface area contributed by atoms with Gasteiger partial charge in [-0.15, -0.1) is 0 Å². The third-order valence-electron chi connectivity index (χ3n) is 2.89. The molecular formula is C14H21ClN2O. The maximum absolute atomic E-state index is 11.8. The second kappa shape index (κ2) is 8.11. The van der Waals surface area contributed by atoms with Crippen LogP contribution in [0.25, 0.3) is 0 Å². The summed E-state index contributed by atoms with van der Waals surface area (Å²) in [5.74, 6) is -0.00395. The molecule has 1 aromatic rings. The summed E-state index contributed by atoms with van der Waals surface area (Å²) in [7, 11) is 0. The fourth-order valence-corrected chi connectivity index (χ4v) is 2.08. The lowest BCUT2D eigenvalue weighted by molar-refractivity contribution is -0.124. The molecule has 18 heavy (non-hydrogen) atoms. The van der Waals surface area contributed by atoms with Crippen LogP contribution in [-0.4, -0.2) is 19.0 Å². The van der Waals surface area contributed by atoms with E-state index in [9.17, 15) is 4.79 Å². The lowest BCUT2D eigenvalue weighted by atomic mass is 10.0. The number of benzene rings is 1. The van der Waals surface area contributed by atoms with Crippen molar-refractivity contribution in [1.29, 1.82) is 0 Å². The Labute approximate surface area is 114 Å². The predicted octanol–water partition coefficient (Wildman–Crippen LogP) is 2.37. The zero-order valence-corrected chi connectivity index (χ0v) is 11.5. The highest BCUT2D eigenvalue weighted by Gasteiger charge is 2.14. The van der Waals surface area contributed by atoms with E-state index in [4.69, 9.17) is 17.3 Å². The highest BCUT2D eigenvalue weighted by Crippen LogP contribution is 2.11. The van der Waals surface area contributed by atoms with Gasteiger partial charge in [-0.25, -0.2) is 0 Å². The van der Waals surface area contributed by atoms with Crippen LogP contribution in [-0.2, 0) is 11.2 Å². The van der Waals surface area contributed by atoms with Crippen LogP contribution in [0.5, 0.6) is 0 Å². The number of carbonyl (C=O) groups is 1. The third-order valence-corrected chi connectivity index (χ3v) is 3.13. The van der Waals surface area contributed by atoms with E-state index in [-0.39, 0.29) is 11.8 Å². The highest BCUT2D eigenvalue weighted by molar-refractivity contribution is 6.30. The van der Waals surface area contributed by atoms with Crippen molar-refractivity contribution in [2.45, 2.75) is 26.2 Å². The van der Waals surface area contributed by atoms with Gasteiger partial charge in [-0.2, -0.15) is 0 Å². The van der Waals surface area contributed by atoms with Crippen LogP contribution < -0.4 is 11.1 Å². The second-order valence-corrected chi connectivity index (χ2v) is 4.83. The maximum Gasteiger partial charge on any atom is 0.224 e. The lowest BCUT2D eigenvalue weighted by Crippen LogP contribution is -2.36. The summed E-state index contributed by atoms with van der Waals surface area (Å²) in [6.45, 7) is 3.10. The average molecular weight is 269 g/mol. The number of nitrogens with one attached hydrogen (secondary N) is 1. The first-order valence-corrected chi connectivity index (χ1v) is 6.77. The first kappa shape index (κ1) is 15.0. The molecule has 0 saturated carbocycles. The van der Waals surface area contributed by atoms with E-state index < -0.39 is 0 Å². The standard InChI is InChI=1S/C14H21ClN2O/c1-2-4-12(10-16)14(18)17-8-7-11-5-3-6-13(15)9-11/h3,5-6,9,12H,2,4,7-8,10,16H2,1H3,(H,17,18). The Morgan fingerprint density at radius 3 is 2.89 bits per heavy atom. The highest BCUT2D eigenvalue weighted by atomic mass is 35.5. The van der Waals surface area contributed by atoms with Crippen LogP contribution in [0.3, 0.4) is 0 Å². The number of halogens is 1. The molecule has 0 aromatic heterocycles. The minimum Gasteiger partial charge on any atom is -0.355 e. The van der Waals surface area contributed by atoms with Crippen molar-refractivity contribution in [3.05, 3.63) is 34.9 Å². The van der Waals surface area contributed by atoms with Crippen molar-refractivity contribution >= 4 is 17.5 Å². The van der Waals surface area contributed by atoms with Crippen LogP contribution in [0.4, 0.5) is 0 Å². The Kier molecular flexibility index (Phi) is 6.76. The Morgan fingerprint density at radius 2 is 2.28 bits per heavy atom. The lowest BCUT2D eigenvalue weighted by Gasteiger charge is -2.13. The molecule has 0 aliphatic heterocycles. The van der Waals surface area contributed by atoms with E-state index >= 15 is 0 Å². The Bertz CT molecular complexity index is 382. The van der Waals surface area contributed by atoms with Crippen LogP contribution in [0.1, 0.15) is 25.3 Å². The topological polar surface area (TPSA) is 55.1 Å². The molecule has 0 radical (unpaired) electrons. The minimum absolute atomic E-state index is 0.0568. The van der Waals surface area contributed by atoms with Gasteiger partial charge in [-0.3, -0.25) is 4.79 Å². The molecule has 0 heterocycles. The van der Waals surface area contributed by atoms with Gasteiger partial charge in [0.05, 0.1) is 5.92 Å². The summed E-state index contributed by atoms with van der Waals surface area (Å²) in [6, 6.07) is 7.68. The van der Waals surface area contributed by atoms with Crippen molar-refractivity contribution in [2.75, 3.05) is 13.1 Å². The van der Waals surface area contributed by atoms with Gasteiger partial charge in [0.2, 0.25) is 5.91 Å². The number of nitrogens with two attached hydrogens (primary N) is 1. The minimum atomic E-state index is -0.0608.